The maximum atomic E-state index is 2.63. The summed E-state index contributed by atoms with van der Waals surface area (Å²) in [5.41, 5.74) is 5.59. The minimum atomic E-state index is -0.622. The Balaban J connectivity index is 1.55. The number of aryl methyl sites for hydroxylation is 2. The van der Waals surface area contributed by atoms with Crippen molar-refractivity contribution in [3.63, 3.8) is 0 Å². The molecule has 2 heterocycles. The van der Waals surface area contributed by atoms with Crippen molar-refractivity contribution in [3.05, 3.63) is 47.0 Å². The fourth-order valence-corrected chi connectivity index (χ4v) is 7.70. The predicted octanol–water partition coefficient (Wildman–Crippen LogP) is 4.73. The molecule has 1 aromatic rings. The van der Waals surface area contributed by atoms with Crippen molar-refractivity contribution < 1.29 is 0 Å². The fraction of sp³-hybridized carbons (Fsp3) is 0.500. The Morgan fingerprint density at radius 3 is 2.37 bits per heavy atom. The van der Waals surface area contributed by atoms with Crippen LogP contribution in [0.25, 0.3) is 0 Å². The lowest BCUT2D eigenvalue weighted by Gasteiger charge is -2.06. The quantitative estimate of drug-likeness (QED) is 0.656. The molecule has 0 amide bonds. The number of hydrogen-bond acceptors (Lipinski definition) is 0. The van der Waals surface area contributed by atoms with Crippen LogP contribution >= 0.6 is 6.89 Å². The minimum Gasteiger partial charge on any atom is -0.0964 e. The molecule has 2 aliphatic heterocycles. The molecule has 19 heavy (non-hydrogen) atoms. The van der Waals surface area contributed by atoms with Gasteiger partial charge in [0.25, 0.3) is 0 Å². The van der Waals surface area contributed by atoms with E-state index in [1.807, 2.05) is 0 Å². The molecule has 0 bridgehead atoms. The first-order valence-corrected chi connectivity index (χ1v) is 10.0. The van der Waals surface area contributed by atoms with Gasteiger partial charge in [-0.25, -0.2) is 0 Å². The van der Waals surface area contributed by atoms with E-state index < -0.39 is 6.89 Å². The van der Waals surface area contributed by atoms with Gasteiger partial charge in [0.1, 0.15) is 0 Å². The summed E-state index contributed by atoms with van der Waals surface area (Å²) in [7, 11) is 0. The number of hydrogen-bond donors (Lipinski definition) is 0. The van der Waals surface area contributed by atoms with Crippen LogP contribution in [-0.4, -0.2) is 23.8 Å². The highest BCUT2D eigenvalue weighted by Gasteiger charge is 2.44. The van der Waals surface area contributed by atoms with Gasteiger partial charge in [0, 0.05) is 5.66 Å². The van der Waals surface area contributed by atoms with Gasteiger partial charge in [-0.2, -0.15) is 0 Å². The minimum absolute atomic E-state index is 0.622. The lowest BCUT2D eigenvalue weighted by molar-refractivity contribution is 0.794. The van der Waals surface area contributed by atoms with Crippen molar-refractivity contribution in [2.24, 2.45) is 0 Å². The van der Waals surface area contributed by atoms with Crippen LogP contribution in [-0.2, 0) is 12.8 Å². The number of unbranched alkanes of at least 4 members (excludes halogenated alkanes) is 1. The third kappa shape index (κ3) is 2.90. The third-order valence-corrected chi connectivity index (χ3v) is 8.86. The third-order valence-electron chi connectivity index (χ3n) is 4.63. The van der Waals surface area contributed by atoms with E-state index in [0.717, 1.165) is 5.66 Å². The molecule has 2 unspecified atom stereocenters. The van der Waals surface area contributed by atoms with Crippen LogP contribution < -0.4 is 0 Å². The molecule has 1 fully saturated rings. The van der Waals surface area contributed by atoms with E-state index in [4.69, 9.17) is 0 Å². The van der Waals surface area contributed by atoms with E-state index in [2.05, 4.69) is 50.0 Å². The molecule has 2 aliphatic rings. The number of benzene rings is 1. The van der Waals surface area contributed by atoms with E-state index in [-0.39, 0.29) is 0 Å². The largest absolute Gasteiger partial charge is 0.0964 e. The molecule has 0 aromatic heterocycles. The Hall–Kier alpha value is -0.740. The van der Waals surface area contributed by atoms with Crippen LogP contribution in [0, 0.1) is 0 Å². The van der Waals surface area contributed by atoms with Crippen LogP contribution in [0.15, 0.2) is 35.9 Å². The summed E-state index contributed by atoms with van der Waals surface area (Å²) in [6, 6.07) is 9.40. The Morgan fingerprint density at radius 2 is 1.79 bits per heavy atom. The molecule has 1 heteroatoms. The number of allylic oxidation sites excluding steroid dienone is 2. The van der Waals surface area contributed by atoms with Crippen LogP contribution in [0.2, 0.25) is 0 Å². The first kappa shape index (κ1) is 13.3. The fourth-order valence-electron chi connectivity index (χ4n) is 3.32. The van der Waals surface area contributed by atoms with Gasteiger partial charge in [-0.05, 0) is 49.6 Å². The maximum Gasteiger partial charge on any atom is 0.00147 e. The van der Waals surface area contributed by atoms with Gasteiger partial charge >= 0.3 is 0 Å². The second-order valence-electron chi connectivity index (χ2n) is 6.29. The van der Waals surface area contributed by atoms with Crippen molar-refractivity contribution in [2.45, 2.75) is 45.2 Å². The molecule has 0 radical (unpaired) electrons. The molecule has 102 valence electrons. The summed E-state index contributed by atoms with van der Waals surface area (Å²) in [4.78, 5) is 0. The van der Waals surface area contributed by atoms with Crippen LogP contribution in [0.5, 0.6) is 0 Å². The summed E-state index contributed by atoms with van der Waals surface area (Å²) in [5.74, 6) is 2.63. The zero-order valence-electron chi connectivity index (χ0n) is 12.2. The van der Waals surface area contributed by atoms with E-state index in [0.29, 0.717) is 0 Å². The molecule has 1 aromatic carbocycles. The number of rotatable bonds is 6. The molecule has 3 rings (SSSR count). The molecular weight excluding hydrogens is 247 g/mol. The summed E-state index contributed by atoms with van der Waals surface area (Å²) in [6.07, 6.45) is 10.6. The van der Waals surface area contributed by atoms with Gasteiger partial charge in [0.15, 0.2) is 0 Å². The highest BCUT2D eigenvalue weighted by molar-refractivity contribution is 7.83. The highest BCUT2D eigenvalue weighted by atomic mass is 31.2. The second-order valence-corrected chi connectivity index (χ2v) is 10.2. The van der Waals surface area contributed by atoms with Crippen molar-refractivity contribution in [2.75, 3.05) is 12.3 Å². The summed E-state index contributed by atoms with van der Waals surface area (Å²) in [5, 5.41) is 0. The zero-order valence-corrected chi connectivity index (χ0v) is 13.1. The second kappa shape index (κ2) is 5.33. The van der Waals surface area contributed by atoms with Gasteiger partial charge in [0.2, 0.25) is 0 Å². The Kier molecular flexibility index (Phi) is 3.72. The van der Waals surface area contributed by atoms with Crippen molar-refractivity contribution in [3.8, 4) is 0 Å². The maximum absolute atomic E-state index is 2.63. The van der Waals surface area contributed by atoms with Gasteiger partial charge in [-0.3, -0.25) is 0 Å². The first-order chi connectivity index (χ1) is 9.22. The molecule has 0 aliphatic carbocycles. The lowest BCUT2D eigenvalue weighted by atomic mass is 10.1. The summed E-state index contributed by atoms with van der Waals surface area (Å²) >= 11 is 0. The monoisotopic (exact) mass is 272 g/mol. The molecule has 2 atom stereocenters. The normalized spacial score (nSPS) is 27.7. The van der Waals surface area contributed by atoms with Crippen LogP contribution in [0.4, 0.5) is 0 Å². The lowest BCUT2D eigenvalue weighted by Crippen LogP contribution is -1.91. The van der Waals surface area contributed by atoms with Crippen molar-refractivity contribution >= 4 is 12.7 Å². The van der Waals surface area contributed by atoms with E-state index >= 15 is 0 Å². The molecule has 0 nitrogen and oxygen atoms in total. The molecule has 0 N–H and O–H groups in total. The zero-order chi connectivity index (χ0) is 13.3. The Bertz CT molecular complexity index is 533. The van der Waals surface area contributed by atoms with E-state index in [9.17, 15) is 0 Å². The van der Waals surface area contributed by atoms with Gasteiger partial charge in [-0.15, -0.1) is 0 Å². The molecule has 1 saturated heterocycles. The van der Waals surface area contributed by atoms with E-state index in [1.54, 1.807) is 11.1 Å². The van der Waals surface area contributed by atoms with Crippen molar-refractivity contribution in [1.82, 2.24) is 0 Å². The van der Waals surface area contributed by atoms with Crippen LogP contribution in [0.3, 0.4) is 0 Å². The predicted molar refractivity (Wildman–Crippen MR) is 89.0 cm³/mol. The summed E-state index contributed by atoms with van der Waals surface area (Å²) in [6.45, 7) is 3.91. The molecular formula is C18H25P. The Labute approximate surface area is 117 Å². The standard InChI is InChI=1S/C18H25P/c1-3-4-5-16-6-8-17(9-7-16)10-11-19-13-15(2)12-18(19)14-19/h6-9,12-13,18H,3-5,10-11,14H2,1-2H3. The van der Waals surface area contributed by atoms with Gasteiger partial charge in [0.05, 0.1) is 0 Å². The SMILES string of the molecule is CCCCc1ccc(CCP23=CC(C)=CC2C3)cc1. The average molecular weight is 272 g/mol. The summed E-state index contributed by atoms with van der Waals surface area (Å²) < 4.78 is 0. The molecule has 0 spiro atoms. The smallest absolute Gasteiger partial charge is 0.00147 e. The van der Waals surface area contributed by atoms with Crippen molar-refractivity contribution in [1.29, 1.82) is 0 Å². The van der Waals surface area contributed by atoms with Gasteiger partial charge in [-0.1, -0.05) is 61.9 Å². The Morgan fingerprint density at radius 1 is 1.11 bits per heavy atom. The van der Waals surface area contributed by atoms with Crippen LogP contribution in [0.1, 0.15) is 37.8 Å². The highest BCUT2D eigenvalue weighted by Crippen LogP contribution is 2.71. The van der Waals surface area contributed by atoms with Gasteiger partial charge < -0.3 is 0 Å². The molecule has 0 saturated carbocycles. The topological polar surface area (TPSA) is 0 Å². The van der Waals surface area contributed by atoms with E-state index in [1.165, 1.54) is 43.6 Å². The average Bonchev–Trinajstić information content (AvgIpc) is 2.98. The number of fused-ring (bicyclic) bond motifs is 1. The first-order valence-electron chi connectivity index (χ1n) is 7.70.